The van der Waals surface area contributed by atoms with Crippen molar-refractivity contribution in [2.45, 2.75) is 26.0 Å². The van der Waals surface area contributed by atoms with E-state index in [1.807, 2.05) is 0 Å². The lowest BCUT2D eigenvalue weighted by Gasteiger charge is -2.12. The third kappa shape index (κ3) is 3.65. The van der Waals surface area contributed by atoms with E-state index in [9.17, 15) is 14.7 Å². The highest BCUT2D eigenvalue weighted by Crippen LogP contribution is 2.43. The summed E-state index contributed by atoms with van der Waals surface area (Å²) in [4.78, 5) is 25.0. The lowest BCUT2D eigenvalue weighted by molar-refractivity contribution is -0.150. The van der Waals surface area contributed by atoms with E-state index in [1.54, 1.807) is 6.92 Å². The number of rotatable bonds is 5. The Labute approximate surface area is 176 Å². The van der Waals surface area contributed by atoms with E-state index in [1.165, 1.54) is 18.2 Å². The monoisotopic (exact) mass is 443 g/mol. The normalized spacial score (nSPS) is 15.1. The summed E-state index contributed by atoms with van der Waals surface area (Å²) in [5.41, 5.74) is 6.80. The average Bonchev–Trinajstić information content (AvgIpc) is 3.11. The Kier molecular flexibility index (Phi) is 6.05. The van der Waals surface area contributed by atoms with Crippen molar-refractivity contribution < 1.29 is 24.2 Å². The quantitative estimate of drug-likeness (QED) is 0.536. The van der Waals surface area contributed by atoms with E-state index in [0.717, 1.165) is 0 Å². The number of hydrogen-bond donors (Lipinski definition) is 2. The predicted octanol–water partition coefficient (Wildman–Crippen LogP) is 3.91. The van der Waals surface area contributed by atoms with Gasteiger partial charge in [-0.25, -0.2) is 4.79 Å². The molecule has 2 aromatic rings. The van der Waals surface area contributed by atoms with Crippen molar-refractivity contribution in [3.05, 3.63) is 55.5 Å². The molecule has 0 spiro atoms. The number of phenolic OH excluding ortho intramolecular Hbond substituents is 1. The van der Waals surface area contributed by atoms with Gasteiger partial charge in [0.25, 0.3) is 0 Å². The minimum atomic E-state index is -0.846. The first kappa shape index (κ1) is 20.7. The topological polar surface area (TPSA) is 98.9 Å². The summed E-state index contributed by atoms with van der Waals surface area (Å²) in [6, 6.07) is 4.31. The maximum absolute atomic E-state index is 13.0. The molecule has 1 heterocycles. The molecular weight excluding hydrogens is 429 g/mol. The number of halogens is 3. The smallest absolute Gasteiger partial charge is 0.347 e. The van der Waals surface area contributed by atoms with Gasteiger partial charge in [-0.3, -0.25) is 4.79 Å². The lowest BCUT2D eigenvalue weighted by atomic mass is 9.98. The number of benzene rings is 2. The van der Waals surface area contributed by atoms with Crippen molar-refractivity contribution in [3.8, 4) is 11.5 Å². The molecule has 0 saturated heterocycles. The van der Waals surface area contributed by atoms with Crippen molar-refractivity contribution in [1.29, 1.82) is 0 Å². The molecule has 0 radical (unpaired) electrons. The Bertz CT molecular complexity index is 977. The number of esters is 1. The number of hydrogen-bond acceptors (Lipinski definition) is 6. The molecule has 9 heteroatoms. The van der Waals surface area contributed by atoms with Crippen molar-refractivity contribution in [3.63, 3.8) is 0 Å². The first-order valence-electron chi connectivity index (χ1n) is 8.38. The molecule has 1 atom stereocenters. The molecule has 3 rings (SSSR count). The predicted molar refractivity (Wildman–Crippen MR) is 106 cm³/mol. The number of phenols is 1. The van der Waals surface area contributed by atoms with Gasteiger partial charge in [-0.05, 0) is 25.1 Å². The molecule has 148 valence electrons. The van der Waals surface area contributed by atoms with Gasteiger partial charge in [0.1, 0.15) is 16.5 Å². The highest BCUT2D eigenvalue weighted by molar-refractivity contribution is 6.45. The molecule has 6 nitrogen and oxygen atoms in total. The maximum atomic E-state index is 13.0. The molecule has 0 aliphatic carbocycles. The van der Waals surface area contributed by atoms with E-state index in [0.29, 0.717) is 11.1 Å². The summed E-state index contributed by atoms with van der Waals surface area (Å²) in [6.07, 6.45) is -0.642. The molecule has 0 saturated carbocycles. The fraction of sp³-hybridized carbons (Fsp3) is 0.263. The zero-order valence-corrected chi connectivity index (χ0v) is 17.0. The molecule has 2 aromatic carbocycles. The highest BCUT2D eigenvalue weighted by atomic mass is 35.5. The Morgan fingerprint density at radius 1 is 1.25 bits per heavy atom. The number of ketones is 1. The minimum absolute atomic E-state index is 0.000359. The number of nitrogens with two attached hydrogens (primary N) is 1. The number of aromatic hydroxyl groups is 1. The zero-order chi connectivity index (χ0) is 20.6. The van der Waals surface area contributed by atoms with Crippen molar-refractivity contribution in [1.82, 2.24) is 0 Å². The van der Waals surface area contributed by atoms with Crippen LogP contribution in [0.3, 0.4) is 0 Å². The highest BCUT2D eigenvalue weighted by Gasteiger charge is 2.34. The van der Waals surface area contributed by atoms with Crippen molar-refractivity contribution in [2.24, 2.45) is 5.73 Å². The largest absolute Gasteiger partial charge is 0.506 e. The third-order valence-corrected chi connectivity index (χ3v) is 5.46. The summed E-state index contributed by atoms with van der Waals surface area (Å²) < 4.78 is 10.5. The van der Waals surface area contributed by atoms with Gasteiger partial charge in [0.2, 0.25) is 0 Å². The van der Waals surface area contributed by atoms with Gasteiger partial charge in [0.05, 0.1) is 16.7 Å². The first-order chi connectivity index (χ1) is 13.3. The summed E-state index contributed by atoms with van der Waals surface area (Å²) in [7, 11) is 0. The van der Waals surface area contributed by atoms with E-state index in [2.05, 4.69) is 0 Å². The molecular formula is C19H16Cl3NO5. The van der Waals surface area contributed by atoms with Crippen LogP contribution in [0, 0.1) is 0 Å². The van der Waals surface area contributed by atoms with Gasteiger partial charge in [0.15, 0.2) is 11.9 Å². The maximum Gasteiger partial charge on any atom is 0.347 e. The van der Waals surface area contributed by atoms with Crippen LogP contribution in [0.2, 0.25) is 15.1 Å². The Morgan fingerprint density at radius 2 is 1.96 bits per heavy atom. The summed E-state index contributed by atoms with van der Waals surface area (Å²) >= 11 is 18.6. The second-order valence-electron chi connectivity index (χ2n) is 6.10. The molecule has 1 aliphatic heterocycles. The first-order valence-corrected chi connectivity index (χ1v) is 9.52. The van der Waals surface area contributed by atoms with Gasteiger partial charge in [-0.15, -0.1) is 0 Å². The molecule has 1 unspecified atom stereocenters. The molecule has 3 N–H and O–H groups in total. The average molecular weight is 445 g/mol. The number of carbonyl (C=O) groups is 2. The van der Waals surface area contributed by atoms with Crippen LogP contribution in [-0.2, 0) is 22.5 Å². The van der Waals surface area contributed by atoms with Crippen LogP contribution in [-0.4, -0.2) is 29.6 Å². The minimum Gasteiger partial charge on any atom is -0.506 e. The molecule has 0 aromatic heterocycles. The fourth-order valence-corrected chi connectivity index (χ4v) is 3.69. The second kappa shape index (κ2) is 8.17. The Morgan fingerprint density at radius 3 is 2.61 bits per heavy atom. The van der Waals surface area contributed by atoms with Gasteiger partial charge >= 0.3 is 5.97 Å². The lowest BCUT2D eigenvalue weighted by Crippen LogP contribution is -2.27. The van der Waals surface area contributed by atoms with Crippen LogP contribution in [0.25, 0.3) is 0 Å². The van der Waals surface area contributed by atoms with Crippen LogP contribution in [0.4, 0.5) is 0 Å². The van der Waals surface area contributed by atoms with Crippen LogP contribution in [0.5, 0.6) is 11.5 Å². The van der Waals surface area contributed by atoms with Crippen LogP contribution in [0.15, 0.2) is 18.2 Å². The van der Waals surface area contributed by atoms with E-state index in [4.69, 9.17) is 50.0 Å². The van der Waals surface area contributed by atoms with Gasteiger partial charge < -0.3 is 20.3 Å². The Hall–Kier alpha value is -1.99. The number of carbonyl (C=O) groups excluding carboxylic acids is 2. The summed E-state index contributed by atoms with van der Waals surface area (Å²) in [5, 5.41) is 9.93. The SMILES string of the molecule is CCOC(=O)C1Cc2cc(C(=O)c3cc(Cl)c(O)c(CN)c3)c(Cl)c(Cl)c2O1. The van der Waals surface area contributed by atoms with Crippen LogP contribution >= 0.6 is 34.8 Å². The van der Waals surface area contributed by atoms with Crippen LogP contribution < -0.4 is 10.5 Å². The Balaban J connectivity index is 2.01. The number of ether oxygens (including phenoxy) is 2. The van der Waals surface area contributed by atoms with Crippen molar-refractivity contribution in [2.75, 3.05) is 6.61 Å². The number of fused-ring (bicyclic) bond motifs is 1. The van der Waals surface area contributed by atoms with Crippen molar-refractivity contribution >= 4 is 46.6 Å². The molecule has 28 heavy (non-hydrogen) atoms. The summed E-state index contributed by atoms with van der Waals surface area (Å²) in [6.45, 7) is 1.91. The fourth-order valence-electron chi connectivity index (χ4n) is 2.95. The molecule has 0 amide bonds. The third-order valence-electron chi connectivity index (χ3n) is 4.32. The van der Waals surface area contributed by atoms with E-state index < -0.39 is 17.9 Å². The standard InChI is InChI=1S/C19H16Cl3NO5/c1-2-27-19(26)13-6-9-4-11(14(21)15(22)18(9)28-13)16(24)8-3-10(7-23)17(25)12(20)5-8/h3-5,13,25H,2,6-7,23H2,1H3. The zero-order valence-electron chi connectivity index (χ0n) is 14.7. The van der Waals surface area contributed by atoms with E-state index >= 15 is 0 Å². The summed E-state index contributed by atoms with van der Waals surface area (Å²) in [5.74, 6) is -0.889. The van der Waals surface area contributed by atoms with Gasteiger partial charge in [-0.1, -0.05) is 34.8 Å². The second-order valence-corrected chi connectivity index (χ2v) is 7.27. The molecule has 0 bridgehead atoms. The van der Waals surface area contributed by atoms with E-state index in [-0.39, 0.29) is 57.3 Å². The van der Waals surface area contributed by atoms with Gasteiger partial charge in [0, 0.05) is 35.2 Å². The molecule has 1 aliphatic rings. The van der Waals surface area contributed by atoms with Gasteiger partial charge in [-0.2, -0.15) is 0 Å². The molecule has 0 fully saturated rings. The van der Waals surface area contributed by atoms with Crippen LogP contribution in [0.1, 0.15) is 34.0 Å².